The standard InChI is InChI=1S/C14H16FN3O3/c1-3-11(14(19)20)18(2)8-12-16-17-13(21-12)9-4-6-10(15)7-5-9/h4-7,11H,3,8H2,1-2H3,(H,19,20). The van der Waals surface area contributed by atoms with Crippen molar-refractivity contribution < 1.29 is 18.7 Å². The molecular weight excluding hydrogens is 277 g/mol. The summed E-state index contributed by atoms with van der Waals surface area (Å²) in [7, 11) is 1.68. The van der Waals surface area contributed by atoms with E-state index in [4.69, 9.17) is 9.52 Å². The minimum atomic E-state index is -0.890. The fourth-order valence-corrected chi connectivity index (χ4v) is 2.02. The quantitative estimate of drug-likeness (QED) is 0.879. The number of carboxylic acids is 1. The van der Waals surface area contributed by atoms with Gasteiger partial charge >= 0.3 is 5.97 Å². The fourth-order valence-electron chi connectivity index (χ4n) is 2.02. The third kappa shape index (κ3) is 3.63. The Morgan fingerprint density at radius 3 is 2.62 bits per heavy atom. The Morgan fingerprint density at radius 2 is 2.05 bits per heavy atom. The van der Waals surface area contributed by atoms with Gasteiger partial charge in [-0.1, -0.05) is 6.92 Å². The van der Waals surface area contributed by atoms with Crippen LogP contribution in [-0.4, -0.2) is 39.3 Å². The summed E-state index contributed by atoms with van der Waals surface area (Å²) in [6.45, 7) is 2.03. The van der Waals surface area contributed by atoms with Crippen molar-refractivity contribution in [1.29, 1.82) is 0 Å². The molecule has 0 bridgehead atoms. The number of aromatic nitrogens is 2. The van der Waals surface area contributed by atoms with Gasteiger partial charge in [0.2, 0.25) is 11.8 Å². The van der Waals surface area contributed by atoms with Crippen LogP contribution in [0.25, 0.3) is 11.5 Å². The van der Waals surface area contributed by atoms with Crippen LogP contribution in [0.15, 0.2) is 28.7 Å². The first-order valence-electron chi connectivity index (χ1n) is 6.52. The zero-order valence-corrected chi connectivity index (χ0v) is 11.8. The lowest BCUT2D eigenvalue weighted by Crippen LogP contribution is -2.37. The molecule has 0 saturated carbocycles. The zero-order valence-electron chi connectivity index (χ0n) is 11.8. The van der Waals surface area contributed by atoms with E-state index in [0.29, 0.717) is 17.9 Å². The number of carboxylic acid groups (broad SMARTS) is 1. The van der Waals surface area contributed by atoms with E-state index in [1.807, 2.05) is 0 Å². The average Bonchev–Trinajstić information content (AvgIpc) is 2.88. The maximum Gasteiger partial charge on any atom is 0.320 e. The van der Waals surface area contributed by atoms with Crippen LogP contribution < -0.4 is 0 Å². The number of hydrogen-bond acceptors (Lipinski definition) is 5. The lowest BCUT2D eigenvalue weighted by atomic mass is 10.2. The Morgan fingerprint density at radius 1 is 1.38 bits per heavy atom. The van der Waals surface area contributed by atoms with Crippen molar-refractivity contribution in [2.75, 3.05) is 7.05 Å². The van der Waals surface area contributed by atoms with Crippen LogP contribution in [0, 0.1) is 5.82 Å². The largest absolute Gasteiger partial charge is 0.480 e. The van der Waals surface area contributed by atoms with Crippen LogP contribution in [0.3, 0.4) is 0 Å². The van der Waals surface area contributed by atoms with Gasteiger partial charge in [-0.15, -0.1) is 10.2 Å². The van der Waals surface area contributed by atoms with E-state index in [1.54, 1.807) is 31.0 Å². The van der Waals surface area contributed by atoms with Crippen molar-refractivity contribution in [1.82, 2.24) is 15.1 Å². The highest BCUT2D eigenvalue weighted by Gasteiger charge is 2.22. The molecule has 2 rings (SSSR count). The molecule has 0 fully saturated rings. The molecule has 0 saturated heterocycles. The van der Waals surface area contributed by atoms with Crippen molar-refractivity contribution in [3.63, 3.8) is 0 Å². The highest BCUT2D eigenvalue weighted by Crippen LogP contribution is 2.19. The SMILES string of the molecule is CCC(C(=O)O)N(C)Cc1nnc(-c2ccc(F)cc2)o1. The van der Waals surface area contributed by atoms with Gasteiger partial charge in [0, 0.05) is 5.56 Å². The first-order valence-corrected chi connectivity index (χ1v) is 6.52. The van der Waals surface area contributed by atoms with Crippen LogP contribution in [0.4, 0.5) is 4.39 Å². The van der Waals surface area contributed by atoms with Crippen LogP contribution >= 0.6 is 0 Å². The van der Waals surface area contributed by atoms with Gasteiger partial charge in [0.15, 0.2) is 0 Å². The molecule has 1 heterocycles. The maximum atomic E-state index is 12.9. The second kappa shape index (κ2) is 6.45. The predicted molar refractivity (Wildman–Crippen MR) is 72.9 cm³/mol. The van der Waals surface area contributed by atoms with Gasteiger partial charge in [-0.3, -0.25) is 9.69 Å². The summed E-state index contributed by atoms with van der Waals surface area (Å²) in [6, 6.07) is 5.10. The van der Waals surface area contributed by atoms with Gasteiger partial charge in [0.1, 0.15) is 11.9 Å². The molecule has 1 atom stereocenters. The Labute approximate surface area is 121 Å². The molecule has 0 aliphatic rings. The summed E-state index contributed by atoms with van der Waals surface area (Å²) in [4.78, 5) is 12.7. The van der Waals surface area contributed by atoms with Crippen molar-refractivity contribution in [2.24, 2.45) is 0 Å². The predicted octanol–water partition coefficient (Wildman–Crippen LogP) is 2.17. The molecule has 1 unspecified atom stereocenters. The molecule has 0 aliphatic carbocycles. The minimum Gasteiger partial charge on any atom is -0.480 e. The summed E-state index contributed by atoms with van der Waals surface area (Å²) >= 11 is 0. The molecule has 2 aromatic rings. The lowest BCUT2D eigenvalue weighted by molar-refractivity contribution is -0.143. The molecule has 21 heavy (non-hydrogen) atoms. The van der Waals surface area contributed by atoms with Crippen molar-refractivity contribution in [2.45, 2.75) is 25.9 Å². The molecule has 0 spiro atoms. The molecule has 1 aromatic carbocycles. The van der Waals surface area contributed by atoms with E-state index in [9.17, 15) is 9.18 Å². The van der Waals surface area contributed by atoms with Crippen molar-refractivity contribution in [3.8, 4) is 11.5 Å². The highest BCUT2D eigenvalue weighted by atomic mass is 19.1. The molecule has 0 amide bonds. The summed E-state index contributed by atoms with van der Waals surface area (Å²) in [5.41, 5.74) is 0.614. The number of aliphatic carboxylic acids is 1. The van der Waals surface area contributed by atoms with Gasteiger partial charge < -0.3 is 9.52 Å². The van der Waals surface area contributed by atoms with Gasteiger partial charge in [-0.2, -0.15) is 0 Å². The number of carbonyl (C=O) groups is 1. The maximum absolute atomic E-state index is 12.9. The lowest BCUT2D eigenvalue weighted by Gasteiger charge is -2.21. The number of hydrogen-bond donors (Lipinski definition) is 1. The Bertz CT molecular complexity index is 612. The van der Waals surface area contributed by atoms with Gasteiger partial charge in [-0.05, 0) is 37.7 Å². The number of halogens is 1. The molecule has 0 radical (unpaired) electrons. The number of likely N-dealkylation sites (N-methyl/N-ethyl adjacent to an activating group) is 1. The number of nitrogens with zero attached hydrogens (tertiary/aromatic N) is 3. The zero-order chi connectivity index (χ0) is 15.4. The van der Waals surface area contributed by atoms with Crippen molar-refractivity contribution >= 4 is 5.97 Å². The van der Waals surface area contributed by atoms with E-state index < -0.39 is 12.0 Å². The third-order valence-electron chi connectivity index (χ3n) is 3.15. The molecular formula is C14H16FN3O3. The van der Waals surface area contributed by atoms with Gasteiger partial charge in [-0.25, -0.2) is 4.39 Å². The van der Waals surface area contributed by atoms with Gasteiger partial charge in [0.25, 0.3) is 0 Å². The smallest absolute Gasteiger partial charge is 0.320 e. The normalized spacial score (nSPS) is 12.6. The van der Waals surface area contributed by atoms with E-state index in [1.165, 1.54) is 12.1 Å². The van der Waals surface area contributed by atoms with E-state index in [2.05, 4.69) is 10.2 Å². The molecule has 0 aliphatic heterocycles. The summed E-state index contributed by atoms with van der Waals surface area (Å²) in [5, 5.41) is 16.9. The first kappa shape index (κ1) is 15.1. The average molecular weight is 293 g/mol. The highest BCUT2D eigenvalue weighted by molar-refractivity contribution is 5.73. The second-order valence-electron chi connectivity index (χ2n) is 4.69. The summed E-state index contributed by atoms with van der Waals surface area (Å²) in [5.74, 6) is -0.637. The second-order valence-corrected chi connectivity index (χ2v) is 4.69. The van der Waals surface area contributed by atoms with Crippen LogP contribution in [0.5, 0.6) is 0 Å². The van der Waals surface area contributed by atoms with Crippen LogP contribution in [0.1, 0.15) is 19.2 Å². The molecule has 7 heteroatoms. The van der Waals surface area contributed by atoms with Crippen LogP contribution in [-0.2, 0) is 11.3 Å². The number of benzene rings is 1. The number of rotatable bonds is 6. The fraction of sp³-hybridized carbons (Fsp3) is 0.357. The first-order chi connectivity index (χ1) is 10.0. The molecule has 6 nitrogen and oxygen atoms in total. The Kier molecular flexibility index (Phi) is 4.64. The molecule has 112 valence electrons. The topological polar surface area (TPSA) is 79.5 Å². The summed E-state index contributed by atoms with van der Waals surface area (Å²) in [6.07, 6.45) is 0.477. The van der Waals surface area contributed by atoms with E-state index >= 15 is 0 Å². The Balaban J connectivity index is 2.09. The van der Waals surface area contributed by atoms with Crippen molar-refractivity contribution in [3.05, 3.63) is 36.0 Å². The van der Waals surface area contributed by atoms with E-state index in [-0.39, 0.29) is 18.3 Å². The van der Waals surface area contributed by atoms with Gasteiger partial charge in [0.05, 0.1) is 6.54 Å². The molecule has 1 N–H and O–H groups in total. The van der Waals surface area contributed by atoms with E-state index in [0.717, 1.165) is 0 Å². The summed E-state index contributed by atoms with van der Waals surface area (Å²) < 4.78 is 18.3. The minimum absolute atomic E-state index is 0.235. The Hall–Kier alpha value is -2.28. The molecule has 1 aromatic heterocycles. The monoisotopic (exact) mass is 293 g/mol. The third-order valence-corrected chi connectivity index (χ3v) is 3.15. The van der Waals surface area contributed by atoms with Crippen LogP contribution in [0.2, 0.25) is 0 Å².